The largest absolute Gasteiger partial charge is 0.365 e. The molecule has 0 bridgehead atoms. The lowest BCUT2D eigenvalue weighted by molar-refractivity contribution is -0.381. The molecule has 3 nitrogen and oxygen atoms in total. The van der Waals surface area contributed by atoms with E-state index in [1.807, 2.05) is 0 Å². The zero-order chi connectivity index (χ0) is 32.1. The van der Waals surface area contributed by atoms with Crippen LogP contribution in [0.1, 0.15) is 241 Å². The van der Waals surface area contributed by atoms with Gasteiger partial charge < -0.3 is 14.9 Å². The van der Waals surface area contributed by atoms with Crippen molar-refractivity contribution in [3.05, 3.63) is 0 Å². The van der Waals surface area contributed by atoms with Crippen molar-refractivity contribution in [2.45, 2.75) is 252 Å². The Morgan fingerprint density at radius 2 is 0.674 bits per heavy atom. The van der Waals surface area contributed by atoms with Crippen LogP contribution >= 0.6 is 0 Å². The topological polar surface area (TPSA) is 49.7 Å². The summed E-state index contributed by atoms with van der Waals surface area (Å²) in [7, 11) is 0. The van der Waals surface area contributed by atoms with Crippen molar-refractivity contribution in [2.24, 2.45) is 5.41 Å². The van der Waals surface area contributed by atoms with Crippen LogP contribution in [0.5, 0.6) is 0 Å². The van der Waals surface area contributed by atoms with E-state index >= 15 is 0 Å². The van der Waals surface area contributed by atoms with E-state index in [0.29, 0.717) is 19.3 Å². The van der Waals surface area contributed by atoms with Crippen LogP contribution in [0.3, 0.4) is 0 Å². The molecule has 0 aliphatic carbocycles. The molecule has 0 aromatic carbocycles. The van der Waals surface area contributed by atoms with E-state index in [2.05, 4.69) is 41.5 Å². The summed E-state index contributed by atoms with van der Waals surface area (Å²) in [5, 5.41) is 24.9. The molecular weight excluding hydrogens is 528 g/mol. The lowest BCUT2D eigenvalue weighted by atomic mass is 9.67. The van der Waals surface area contributed by atoms with Gasteiger partial charge >= 0.3 is 0 Å². The molecular formula is C40H82O3. The minimum atomic E-state index is -1.27. The first kappa shape index (κ1) is 42.9. The number of hydrogen-bond acceptors (Lipinski definition) is 3. The van der Waals surface area contributed by atoms with Gasteiger partial charge in [0.05, 0.1) is 0 Å². The second-order valence-corrected chi connectivity index (χ2v) is 14.3. The summed E-state index contributed by atoms with van der Waals surface area (Å²) >= 11 is 0. The van der Waals surface area contributed by atoms with E-state index in [1.165, 1.54) is 116 Å². The third-order valence-corrected chi connectivity index (χ3v) is 10.3. The Bertz CT molecular complexity index is 562. The molecule has 0 fully saturated rings. The molecule has 0 amide bonds. The predicted octanol–water partition coefficient (Wildman–Crippen LogP) is 13.6. The fourth-order valence-electron chi connectivity index (χ4n) is 7.32. The fourth-order valence-corrected chi connectivity index (χ4v) is 7.32. The highest BCUT2D eigenvalue weighted by Gasteiger charge is 2.52. The minimum absolute atomic E-state index is 0.297. The lowest BCUT2D eigenvalue weighted by Gasteiger charge is -2.51. The summed E-state index contributed by atoms with van der Waals surface area (Å²) in [6, 6.07) is 0. The van der Waals surface area contributed by atoms with Gasteiger partial charge in [-0.15, -0.1) is 0 Å². The van der Waals surface area contributed by atoms with Gasteiger partial charge in [0.25, 0.3) is 0 Å². The molecule has 0 aromatic heterocycles. The second kappa shape index (κ2) is 28.1. The first-order valence-electron chi connectivity index (χ1n) is 20.0. The van der Waals surface area contributed by atoms with Crippen molar-refractivity contribution in [3.63, 3.8) is 0 Å². The lowest BCUT2D eigenvalue weighted by Crippen LogP contribution is -2.55. The summed E-state index contributed by atoms with van der Waals surface area (Å²) in [4.78, 5) is 0. The Balaban J connectivity index is 5.97. The molecule has 2 N–H and O–H groups in total. The van der Waals surface area contributed by atoms with Crippen LogP contribution in [-0.2, 0) is 4.74 Å². The number of hydrogen-bond donors (Lipinski definition) is 2. The van der Waals surface area contributed by atoms with Gasteiger partial charge in [0.2, 0.25) is 0 Å². The zero-order valence-corrected chi connectivity index (χ0v) is 30.7. The molecule has 43 heavy (non-hydrogen) atoms. The van der Waals surface area contributed by atoms with Gasteiger partial charge in [0.1, 0.15) is 0 Å². The average molecular weight is 611 g/mol. The summed E-state index contributed by atoms with van der Waals surface area (Å²) in [6.07, 6.45) is 35.3. The summed E-state index contributed by atoms with van der Waals surface area (Å²) < 4.78 is 6.88. The minimum Gasteiger partial charge on any atom is -0.365 e. The predicted molar refractivity (Wildman–Crippen MR) is 191 cm³/mol. The molecule has 0 aliphatic heterocycles. The van der Waals surface area contributed by atoms with Crippen molar-refractivity contribution >= 4 is 0 Å². The maximum atomic E-state index is 12.9. The van der Waals surface area contributed by atoms with Crippen LogP contribution in [0, 0.1) is 5.41 Å². The monoisotopic (exact) mass is 611 g/mol. The van der Waals surface area contributed by atoms with E-state index in [-0.39, 0.29) is 5.41 Å². The van der Waals surface area contributed by atoms with Crippen molar-refractivity contribution in [1.29, 1.82) is 0 Å². The molecule has 0 spiro atoms. The van der Waals surface area contributed by atoms with Crippen LogP contribution in [-0.4, -0.2) is 21.8 Å². The van der Waals surface area contributed by atoms with E-state index in [0.717, 1.165) is 64.2 Å². The molecule has 2 atom stereocenters. The highest BCUT2D eigenvalue weighted by molar-refractivity contribution is 4.94. The first-order valence-corrected chi connectivity index (χ1v) is 20.0. The Kier molecular flexibility index (Phi) is 28.1. The molecule has 0 radical (unpaired) electrons. The standard InChI is InChI=1S/C40H82O3/c1-7-13-17-21-25-29-34-38(12-6,35-30-26-22-18-14-8-2)40(42,37-32-28-24-20-16-10-4)43-39(41,33-11-5)36-31-27-23-19-15-9-3/h41-42H,7-37H2,1-6H3. The molecule has 0 rings (SSSR count). The van der Waals surface area contributed by atoms with E-state index < -0.39 is 11.6 Å². The maximum Gasteiger partial charge on any atom is 0.174 e. The smallest absolute Gasteiger partial charge is 0.174 e. The normalized spacial score (nSPS) is 15.1. The van der Waals surface area contributed by atoms with Crippen molar-refractivity contribution in [3.8, 4) is 0 Å². The third kappa shape index (κ3) is 19.9. The van der Waals surface area contributed by atoms with Crippen molar-refractivity contribution in [1.82, 2.24) is 0 Å². The molecule has 0 saturated heterocycles. The number of aliphatic hydroxyl groups is 2. The second-order valence-electron chi connectivity index (χ2n) is 14.3. The van der Waals surface area contributed by atoms with Gasteiger partial charge in [-0.2, -0.15) is 0 Å². The quantitative estimate of drug-likeness (QED) is 0.0563. The highest BCUT2D eigenvalue weighted by Crippen LogP contribution is 2.50. The van der Waals surface area contributed by atoms with Crippen LogP contribution in [0.2, 0.25) is 0 Å². The van der Waals surface area contributed by atoms with Crippen molar-refractivity contribution < 1.29 is 14.9 Å². The fraction of sp³-hybridized carbons (Fsp3) is 1.00. The van der Waals surface area contributed by atoms with Crippen LogP contribution < -0.4 is 0 Å². The van der Waals surface area contributed by atoms with Gasteiger partial charge in [-0.3, -0.25) is 0 Å². The molecule has 0 aromatic rings. The number of ether oxygens (including phenoxy) is 1. The van der Waals surface area contributed by atoms with E-state index in [1.54, 1.807) is 0 Å². The maximum absolute atomic E-state index is 12.9. The van der Waals surface area contributed by atoms with E-state index in [4.69, 9.17) is 4.74 Å². The van der Waals surface area contributed by atoms with Crippen molar-refractivity contribution in [2.75, 3.05) is 0 Å². The first-order chi connectivity index (χ1) is 20.8. The Labute approximate surface area is 272 Å². The molecule has 260 valence electrons. The van der Waals surface area contributed by atoms with Crippen LogP contribution in [0.15, 0.2) is 0 Å². The number of rotatable bonds is 34. The van der Waals surface area contributed by atoms with Crippen LogP contribution in [0.25, 0.3) is 0 Å². The Hall–Kier alpha value is -0.120. The summed E-state index contributed by atoms with van der Waals surface area (Å²) in [6.45, 7) is 13.5. The molecule has 0 saturated carbocycles. The van der Waals surface area contributed by atoms with Gasteiger partial charge in [0, 0.05) is 24.7 Å². The van der Waals surface area contributed by atoms with E-state index in [9.17, 15) is 10.2 Å². The Morgan fingerprint density at radius 3 is 1.02 bits per heavy atom. The van der Waals surface area contributed by atoms with Crippen LogP contribution in [0.4, 0.5) is 0 Å². The molecule has 3 heteroatoms. The molecule has 0 heterocycles. The van der Waals surface area contributed by atoms with Gasteiger partial charge in [-0.1, -0.05) is 189 Å². The third-order valence-electron chi connectivity index (χ3n) is 10.3. The molecule has 2 unspecified atom stereocenters. The summed E-state index contributed by atoms with van der Waals surface area (Å²) in [5.74, 6) is -2.51. The SMILES string of the molecule is CCCCCCCCC(O)(CCC)OC(O)(CCCCCCCC)C(CC)(CCCCCCCC)CCCCCCCC. The highest BCUT2D eigenvalue weighted by atomic mass is 16.7. The van der Waals surface area contributed by atoms with Gasteiger partial charge in [0.15, 0.2) is 11.6 Å². The number of unbranched alkanes of at least 4 members (excludes halogenated alkanes) is 20. The zero-order valence-electron chi connectivity index (χ0n) is 30.7. The van der Waals surface area contributed by atoms with Gasteiger partial charge in [-0.05, 0) is 32.1 Å². The average Bonchev–Trinajstić information content (AvgIpc) is 2.99. The van der Waals surface area contributed by atoms with Gasteiger partial charge in [-0.25, -0.2) is 0 Å². The molecule has 0 aliphatic rings. The summed E-state index contributed by atoms with van der Waals surface area (Å²) in [5.41, 5.74) is -0.297. The Morgan fingerprint density at radius 1 is 0.349 bits per heavy atom.